The highest BCUT2D eigenvalue weighted by Gasteiger charge is 2.40. The predicted octanol–water partition coefficient (Wildman–Crippen LogP) is 4.72. The maximum Gasteiger partial charge on any atom is 0.115 e. The van der Waals surface area contributed by atoms with Crippen molar-refractivity contribution in [3.05, 3.63) is 64.2 Å². The Morgan fingerprint density at radius 2 is 1.93 bits per heavy atom. The second kappa shape index (κ2) is 7.65. The first kappa shape index (κ1) is 18.5. The van der Waals surface area contributed by atoms with Gasteiger partial charge in [0.1, 0.15) is 5.75 Å². The smallest absolute Gasteiger partial charge is 0.115 e. The Hall–Kier alpha value is -1.84. The van der Waals surface area contributed by atoms with Crippen molar-refractivity contribution >= 4 is 0 Å². The number of ether oxygens (including phenoxy) is 1. The van der Waals surface area contributed by atoms with Gasteiger partial charge >= 0.3 is 0 Å². The minimum Gasteiger partial charge on any atom is -0.508 e. The minimum atomic E-state index is 0.0653. The average Bonchev–Trinajstić information content (AvgIpc) is 2.65. The predicted molar refractivity (Wildman–Crippen MR) is 109 cm³/mol. The van der Waals surface area contributed by atoms with E-state index in [-0.39, 0.29) is 12.2 Å². The summed E-state index contributed by atoms with van der Waals surface area (Å²) in [6.45, 7) is 8.77. The standard InChI is InChI=1S/C24H31NO2/c1-4-12-25-15-20(14-21-16(2)6-5-7-17(21)3)27-24-22-13-19(26)10-8-18(22)9-11-23(24)25/h5-8,10,13,20,23-24,26H,4,9,11-12,14-15H2,1-3H3/t20?,23-,24-/m1/s1. The summed E-state index contributed by atoms with van der Waals surface area (Å²) in [5.74, 6) is 0.344. The lowest BCUT2D eigenvalue weighted by molar-refractivity contribution is -0.127. The van der Waals surface area contributed by atoms with E-state index in [1.165, 1.54) is 27.8 Å². The Bertz CT molecular complexity index is 796. The largest absolute Gasteiger partial charge is 0.508 e. The summed E-state index contributed by atoms with van der Waals surface area (Å²) >= 11 is 0. The van der Waals surface area contributed by atoms with Crippen molar-refractivity contribution < 1.29 is 9.84 Å². The lowest BCUT2D eigenvalue weighted by Crippen LogP contribution is -2.53. The van der Waals surface area contributed by atoms with E-state index < -0.39 is 0 Å². The van der Waals surface area contributed by atoms with Gasteiger partial charge in [0.15, 0.2) is 0 Å². The second-order valence-electron chi connectivity index (χ2n) is 8.24. The zero-order valence-electron chi connectivity index (χ0n) is 16.7. The number of phenols is 1. The van der Waals surface area contributed by atoms with Crippen molar-refractivity contribution in [3.63, 3.8) is 0 Å². The van der Waals surface area contributed by atoms with Gasteiger partial charge in [-0.15, -0.1) is 0 Å². The molecule has 0 saturated carbocycles. The number of rotatable bonds is 4. The molecule has 27 heavy (non-hydrogen) atoms. The molecule has 3 nitrogen and oxygen atoms in total. The first-order valence-electron chi connectivity index (χ1n) is 10.3. The van der Waals surface area contributed by atoms with Gasteiger partial charge in [0, 0.05) is 19.0 Å². The number of hydrogen-bond acceptors (Lipinski definition) is 3. The number of morpholine rings is 1. The molecule has 0 spiro atoms. The van der Waals surface area contributed by atoms with Crippen LogP contribution in [0.1, 0.15) is 53.7 Å². The van der Waals surface area contributed by atoms with Crippen LogP contribution in [0.5, 0.6) is 5.75 Å². The Morgan fingerprint density at radius 3 is 2.67 bits per heavy atom. The molecule has 1 heterocycles. The van der Waals surface area contributed by atoms with Crippen LogP contribution in [-0.4, -0.2) is 35.2 Å². The average molecular weight is 366 g/mol. The third-order valence-electron chi connectivity index (χ3n) is 6.33. The van der Waals surface area contributed by atoms with Crippen molar-refractivity contribution in [1.82, 2.24) is 4.90 Å². The fourth-order valence-corrected chi connectivity index (χ4v) is 4.98. The molecule has 0 bridgehead atoms. The number of nitrogens with zero attached hydrogens (tertiary/aromatic N) is 1. The first-order chi connectivity index (χ1) is 13.1. The van der Waals surface area contributed by atoms with Crippen molar-refractivity contribution in [2.24, 2.45) is 0 Å². The van der Waals surface area contributed by atoms with Gasteiger partial charge in [-0.3, -0.25) is 4.90 Å². The third-order valence-corrected chi connectivity index (χ3v) is 6.33. The van der Waals surface area contributed by atoms with E-state index in [1.807, 2.05) is 6.07 Å². The highest BCUT2D eigenvalue weighted by atomic mass is 16.5. The maximum atomic E-state index is 10.1. The van der Waals surface area contributed by atoms with Crippen molar-refractivity contribution in [2.45, 2.75) is 64.7 Å². The molecule has 1 unspecified atom stereocenters. The first-order valence-corrected chi connectivity index (χ1v) is 10.3. The van der Waals surface area contributed by atoms with E-state index >= 15 is 0 Å². The molecule has 4 rings (SSSR count). The molecular formula is C24H31NO2. The highest BCUT2D eigenvalue weighted by molar-refractivity contribution is 5.40. The van der Waals surface area contributed by atoms with Crippen LogP contribution in [0.3, 0.4) is 0 Å². The van der Waals surface area contributed by atoms with Crippen LogP contribution in [0.25, 0.3) is 0 Å². The minimum absolute atomic E-state index is 0.0653. The number of aromatic hydroxyl groups is 1. The molecule has 1 fully saturated rings. The summed E-state index contributed by atoms with van der Waals surface area (Å²) in [7, 11) is 0. The topological polar surface area (TPSA) is 32.7 Å². The van der Waals surface area contributed by atoms with Crippen molar-refractivity contribution in [3.8, 4) is 5.75 Å². The highest BCUT2D eigenvalue weighted by Crippen LogP contribution is 2.41. The molecular weight excluding hydrogens is 334 g/mol. The third kappa shape index (κ3) is 3.63. The van der Waals surface area contributed by atoms with Gasteiger partial charge in [-0.25, -0.2) is 0 Å². The molecule has 3 heteroatoms. The number of phenolic OH excluding ortho intramolecular Hbond substituents is 1. The quantitative estimate of drug-likeness (QED) is 0.851. The Labute approximate surface area is 163 Å². The number of aryl methyl sites for hydroxylation is 3. The molecule has 2 aliphatic rings. The molecule has 0 radical (unpaired) electrons. The van der Waals surface area contributed by atoms with Crippen LogP contribution in [0, 0.1) is 13.8 Å². The maximum absolute atomic E-state index is 10.1. The van der Waals surface area contributed by atoms with E-state index in [2.05, 4.69) is 49.9 Å². The summed E-state index contributed by atoms with van der Waals surface area (Å²) in [6, 6.07) is 12.8. The molecule has 1 aliphatic carbocycles. The molecule has 1 saturated heterocycles. The van der Waals surface area contributed by atoms with Gasteiger partial charge < -0.3 is 9.84 Å². The summed E-state index contributed by atoms with van der Waals surface area (Å²) < 4.78 is 6.71. The molecule has 0 aromatic heterocycles. The van der Waals surface area contributed by atoms with E-state index in [0.29, 0.717) is 11.8 Å². The van der Waals surface area contributed by atoms with Crippen LogP contribution in [0.15, 0.2) is 36.4 Å². The van der Waals surface area contributed by atoms with Crippen LogP contribution >= 0.6 is 0 Å². The number of hydrogen-bond donors (Lipinski definition) is 1. The Morgan fingerprint density at radius 1 is 1.15 bits per heavy atom. The van der Waals surface area contributed by atoms with Crippen LogP contribution in [0.2, 0.25) is 0 Å². The fourth-order valence-electron chi connectivity index (χ4n) is 4.98. The van der Waals surface area contributed by atoms with E-state index in [1.54, 1.807) is 6.07 Å². The lowest BCUT2D eigenvalue weighted by atomic mass is 9.83. The van der Waals surface area contributed by atoms with E-state index in [0.717, 1.165) is 38.8 Å². The van der Waals surface area contributed by atoms with E-state index in [9.17, 15) is 5.11 Å². The monoisotopic (exact) mass is 365 g/mol. The van der Waals surface area contributed by atoms with Gasteiger partial charge in [-0.1, -0.05) is 31.2 Å². The zero-order chi connectivity index (χ0) is 19.0. The zero-order valence-corrected chi connectivity index (χ0v) is 16.7. The van der Waals surface area contributed by atoms with E-state index in [4.69, 9.17) is 4.74 Å². The summed E-state index contributed by atoms with van der Waals surface area (Å²) in [4.78, 5) is 2.64. The van der Waals surface area contributed by atoms with Gasteiger partial charge in [0.25, 0.3) is 0 Å². The summed E-state index contributed by atoms with van der Waals surface area (Å²) in [5, 5.41) is 10.1. The molecule has 0 amide bonds. The van der Waals surface area contributed by atoms with Crippen molar-refractivity contribution in [1.29, 1.82) is 0 Å². The molecule has 1 aliphatic heterocycles. The van der Waals surface area contributed by atoms with Gasteiger partial charge in [-0.2, -0.15) is 0 Å². The fraction of sp³-hybridized carbons (Fsp3) is 0.500. The molecule has 1 N–H and O–H groups in total. The van der Waals surface area contributed by atoms with Gasteiger partial charge in [0.2, 0.25) is 0 Å². The van der Waals surface area contributed by atoms with Crippen molar-refractivity contribution in [2.75, 3.05) is 13.1 Å². The van der Waals surface area contributed by atoms with Crippen LogP contribution in [0.4, 0.5) is 0 Å². The van der Waals surface area contributed by atoms with Gasteiger partial charge in [-0.05, 0) is 79.6 Å². The van der Waals surface area contributed by atoms with Crippen LogP contribution in [-0.2, 0) is 17.6 Å². The normalized spacial score (nSPS) is 25.1. The van der Waals surface area contributed by atoms with Gasteiger partial charge in [0.05, 0.1) is 12.2 Å². The molecule has 2 aromatic carbocycles. The molecule has 3 atom stereocenters. The Balaban J connectivity index is 1.64. The second-order valence-corrected chi connectivity index (χ2v) is 8.24. The SMILES string of the molecule is CCCN1CC(Cc2c(C)cccc2C)O[C@@H]2c3cc(O)ccc3CC[C@H]21. The summed E-state index contributed by atoms with van der Waals surface area (Å²) in [5.41, 5.74) is 6.65. The summed E-state index contributed by atoms with van der Waals surface area (Å²) in [6.07, 6.45) is 4.57. The number of benzene rings is 2. The van der Waals surface area contributed by atoms with Crippen LogP contribution < -0.4 is 0 Å². The lowest BCUT2D eigenvalue weighted by Gasteiger charge is -2.48. The Kier molecular flexibility index (Phi) is 5.25. The molecule has 144 valence electrons. The number of fused-ring (bicyclic) bond motifs is 3. The molecule has 2 aromatic rings.